The van der Waals surface area contributed by atoms with Crippen molar-refractivity contribution in [3.63, 3.8) is 0 Å². The summed E-state index contributed by atoms with van der Waals surface area (Å²) in [5.41, 5.74) is 0. The van der Waals surface area contributed by atoms with Crippen LogP contribution in [0.2, 0.25) is 0 Å². The third kappa shape index (κ3) is 5.89. The van der Waals surface area contributed by atoms with E-state index in [0.29, 0.717) is 13.0 Å². The first-order valence-electron chi connectivity index (χ1n) is 4.38. The van der Waals surface area contributed by atoms with Crippen LogP contribution in [0.4, 0.5) is 0 Å². The van der Waals surface area contributed by atoms with E-state index < -0.39 is 5.97 Å². The van der Waals surface area contributed by atoms with Crippen LogP contribution in [-0.2, 0) is 14.3 Å². The number of rotatable bonds is 6. The van der Waals surface area contributed by atoms with Crippen molar-refractivity contribution in [1.29, 1.82) is 0 Å². The summed E-state index contributed by atoms with van der Waals surface area (Å²) in [4.78, 5) is 21.6. The van der Waals surface area contributed by atoms with Crippen LogP contribution >= 0.6 is 0 Å². The van der Waals surface area contributed by atoms with Crippen LogP contribution in [0.5, 0.6) is 0 Å². The molecule has 0 radical (unpaired) electrons. The molecule has 3 heteroatoms. The molecule has 0 unspecified atom stereocenters. The smallest absolute Gasteiger partial charge is 0.313 e. The van der Waals surface area contributed by atoms with Crippen LogP contribution in [0.3, 0.4) is 0 Å². The molecule has 0 saturated heterocycles. The lowest BCUT2D eigenvalue weighted by atomic mass is 10.2. The number of ether oxygens (including phenoxy) is 1. The molecule has 0 N–H and O–H groups in total. The lowest BCUT2D eigenvalue weighted by molar-refractivity contribution is -0.146. The number of ketones is 1. The number of carbonyl (C=O) groups excluding carboxylic acids is 2. The summed E-state index contributed by atoms with van der Waals surface area (Å²) in [6, 6.07) is 0. The van der Waals surface area contributed by atoms with Gasteiger partial charge in [-0.25, -0.2) is 0 Å². The molecule has 0 aromatic carbocycles. The number of hydrogen-bond acceptors (Lipinski definition) is 3. The molecule has 0 aliphatic rings. The predicted molar refractivity (Wildman–Crippen MR) is 45.8 cm³/mol. The van der Waals surface area contributed by atoms with Crippen molar-refractivity contribution in [1.82, 2.24) is 0 Å². The first-order valence-corrected chi connectivity index (χ1v) is 4.38. The Morgan fingerprint density at radius 1 is 1.25 bits per heavy atom. The summed E-state index contributed by atoms with van der Waals surface area (Å²) < 4.78 is 4.80. The van der Waals surface area contributed by atoms with E-state index in [1.54, 1.807) is 6.92 Å². The molecule has 0 aliphatic heterocycles. The molecule has 12 heavy (non-hydrogen) atoms. The highest BCUT2D eigenvalue weighted by Crippen LogP contribution is 1.94. The van der Waals surface area contributed by atoms with Crippen molar-refractivity contribution >= 4 is 11.8 Å². The summed E-state index contributed by atoms with van der Waals surface area (Å²) in [5.74, 6) is -0.452. The monoisotopic (exact) mass is 172 g/mol. The molecule has 0 aliphatic carbocycles. The quantitative estimate of drug-likeness (QED) is 0.348. The molecule has 3 nitrogen and oxygen atoms in total. The third-order valence-corrected chi connectivity index (χ3v) is 1.50. The van der Waals surface area contributed by atoms with E-state index in [1.165, 1.54) is 0 Å². The molecule has 0 amide bonds. The van der Waals surface area contributed by atoms with Crippen LogP contribution in [0.25, 0.3) is 0 Å². The number of hydrogen-bond donors (Lipinski definition) is 0. The zero-order valence-corrected chi connectivity index (χ0v) is 7.76. The van der Waals surface area contributed by atoms with E-state index >= 15 is 0 Å². The molecular weight excluding hydrogens is 156 g/mol. The fourth-order valence-corrected chi connectivity index (χ4v) is 0.667. The van der Waals surface area contributed by atoms with Crippen LogP contribution < -0.4 is 0 Å². The first kappa shape index (κ1) is 11.1. The van der Waals surface area contributed by atoms with Gasteiger partial charge in [-0.1, -0.05) is 20.3 Å². The van der Waals surface area contributed by atoms with Gasteiger partial charge >= 0.3 is 5.97 Å². The van der Waals surface area contributed by atoms with Gasteiger partial charge in [-0.3, -0.25) is 9.59 Å². The number of carbonyl (C=O) groups is 2. The SMILES string of the molecule is CCCCOC(=O)CC(=O)CC. The maximum atomic E-state index is 10.8. The molecule has 0 spiro atoms. The van der Waals surface area contributed by atoms with Gasteiger partial charge in [0.2, 0.25) is 0 Å². The summed E-state index contributed by atoms with van der Waals surface area (Å²) >= 11 is 0. The highest BCUT2D eigenvalue weighted by Gasteiger charge is 2.07. The molecule has 0 saturated carbocycles. The Bertz CT molecular complexity index is 152. The average molecular weight is 172 g/mol. The van der Waals surface area contributed by atoms with Gasteiger partial charge in [0, 0.05) is 6.42 Å². The predicted octanol–water partition coefficient (Wildman–Crippen LogP) is 1.70. The minimum Gasteiger partial charge on any atom is -0.465 e. The zero-order valence-electron chi connectivity index (χ0n) is 7.76. The third-order valence-electron chi connectivity index (χ3n) is 1.50. The zero-order chi connectivity index (χ0) is 9.40. The van der Waals surface area contributed by atoms with Gasteiger partial charge in [0.25, 0.3) is 0 Å². The second-order valence-electron chi connectivity index (χ2n) is 2.64. The van der Waals surface area contributed by atoms with Crippen molar-refractivity contribution in [3.8, 4) is 0 Å². The van der Waals surface area contributed by atoms with Crippen LogP contribution in [0.1, 0.15) is 39.5 Å². The van der Waals surface area contributed by atoms with E-state index in [2.05, 4.69) is 0 Å². The highest BCUT2D eigenvalue weighted by atomic mass is 16.5. The molecular formula is C9H16O3. The van der Waals surface area contributed by atoms with Gasteiger partial charge in [0.05, 0.1) is 6.61 Å². The Kier molecular flexibility index (Phi) is 6.34. The van der Waals surface area contributed by atoms with E-state index in [4.69, 9.17) is 4.74 Å². The Labute approximate surface area is 73.1 Å². The Morgan fingerprint density at radius 3 is 2.42 bits per heavy atom. The van der Waals surface area contributed by atoms with Crippen LogP contribution in [0.15, 0.2) is 0 Å². The molecule has 0 rings (SSSR count). The molecule has 0 atom stereocenters. The largest absolute Gasteiger partial charge is 0.465 e. The van der Waals surface area contributed by atoms with E-state index in [0.717, 1.165) is 12.8 Å². The van der Waals surface area contributed by atoms with Gasteiger partial charge in [-0.15, -0.1) is 0 Å². The van der Waals surface area contributed by atoms with Crippen LogP contribution in [-0.4, -0.2) is 18.4 Å². The van der Waals surface area contributed by atoms with Gasteiger partial charge in [-0.2, -0.15) is 0 Å². The Hall–Kier alpha value is -0.860. The molecule has 0 aromatic rings. The maximum absolute atomic E-state index is 10.8. The minimum atomic E-state index is -0.393. The van der Waals surface area contributed by atoms with Crippen molar-refractivity contribution in [2.45, 2.75) is 39.5 Å². The molecule has 0 heterocycles. The van der Waals surface area contributed by atoms with Crippen LogP contribution in [0, 0.1) is 0 Å². The minimum absolute atomic E-state index is 0.0588. The average Bonchev–Trinajstić information content (AvgIpc) is 2.05. The summed E-state index contributed by atoms with van der Waals surface area (Å²) in [5, 5.41) is 0. The number of Topliss-reactive ketones (excluding diaryl/α,β-unsaturated/α-hetero) is 1. The lowest BCUT2D eigenvalue weighted by Gasteiger charge is -2.01. The first-order chi connectivity index (χ1) is 5.70. The topological polar surface area (TPSA) is 43.4 Å². The molecule has 0 aromatic heterocycles. The second-order valence-corrected chi connectivity index (χ2v) is 2.64. The summed E-state index contributed by atoms with van der Waals surface area (Å²) in [6.07, 6.45) is 2.20. The summed E-state index contributed by atoms with van der Waals surface area (Å²) in [6.45, 7) is 4.19. The molecule has 0 bridgehead atoms. The summed E-state index contributed by atoms with van der Waals surface area (Å²) in [7, 11) is 0. The van der Waals surface area contributed by atoms with Crippen molar-refractivity contribution in [2.75, 3.05) is 6.61 Å². The number of unbranched alkanes of at least 4 members (excludes halogenated alkanes) is 1. The Balaban J connectivity index is 3.40. The van der Waals surface area contributed by atoms with E-state index in [1.807, 2.05) is 6.92 Å². The van der Waals surface area contributed by atoms with Crippen molar-refractivity contribution in [3.05, 3.63) is 0 Å². The normalized spacial score (nSPS) is 9.50. The maximum Gasteiger partial charge on any atom is 0.313 e. The highest BCUT2D eigenvalue weighted by molar-refractivity contribution is 5.95. The van der Waals surface area contributed by atoms with Crippen molar-refractivity contribution in [2.24, 2.45) is 0 Å². The standard InChI is InChI=1S/C9H16O3/c1-3-5-6-12-9(11)7-8(10)4-2/h3-7H2,1-2H3. The Morgan fingerprint density at radius 2 is 1.92 bits per heavy atom. The van der Waals surface area contributed by atoms with Crippen molar-refractivity contribution < 1.29 is 14.3 Å². The fourth-order valence-electron chi connectivity index (χ4n) is 0.667. The number of esters is 1. The van der Waals surface area contributed by atoms with Gasteiger partial charge in [0.15, 0.2) is 0 Å². The molecule has 70 valence electrons. The van der Waals surface area contributed by atoms with Gasteiger partial charge in [-0.05, 0) is 6.42 Å². The van der Waals surface area contributed by atoms with Gasteiger partial charge < -0.3 is 4.74 Å². The fraction of sp³-hybridized carbons (Fsp3) is 0.778. The second kappa shape index (κ2) is 6.83. The van der Waals surface area contributed by atoms with E-state index in [9.17, 15) is 9.59 Å². The van der Waals surface area contributed by atoms with Gasteiger partial charge in [0.1, 0.15) is 12.2 Å². The van der Waals surface area contributed by atoms with E-state index in [-0.39, 0.29) is 12.2 Å². The lowest BCUT2D eigenvalue weighted by Crippen LogP contribution is -2.11. The molecule has 0 fully saturated rings.